The summed E-state index contributed by atoms with van der Waals surface area (Å²) in [6.07, 6.45) is 3.90. The van der Waals surface area contributed by atoms with Gasteiger partial charge >= 0.3 is 0 Å². The molecule has 0 amide bonds. The Bertz CT molecular complexity index is 748. The van der Waals surface area contributed by atoms with Crippen molar-refractivity contribution in [3.8, 4) is 0 Å². The molecule has 0 bridgehead atoms. The predicted molar refractivity (Wildman–Crippen MR) is 66.4 cm³/mol. The first-order chi connectivity index (χ1) is 7.84. The molecule has 0 fully saturated rings. The van der Waals surface area contributed by atoms with Gasteiger partial charge in [0, 0.05) is 28.6 Å². The van der Waals surface area contributed by atoms with Crippen molar-refractivity contribution in [3.05, 3.63) is 30.6 Å². The monoisotopic (exact) mass is 210 g/mol. The number of nitrogen functional groups attached to an aromatic ring is 1. The zero-order valence-corrected chi connectivity index (χ0v) is 8.46. The summed E-state index contributed by atoms with van der Waals surface area (Å²) in [5.41, 5.74) is 9.18. The number of rotatable bonds is 0. The lowest BCUT2D eigenvalue weighted by Crippen LogP contribution is -1.81. The zero-order valence-electron chi connectivity index (χ0n) is 8.46. The van der Waals surface area contributed by atoms with Gasteiger partial charge < -0.3 is 20.7 Å². The zero-order chi connectivity index (χ0) is 10.7. The minimum absolute atomic E-state index is 0.700. The van der Waals surface area contributed by atoms with E-state index in [-0.39, 0.29) is 0 Å². The summed E-state index contributed by atoms with van der Waals surface area (Å²) in [6.45, 7) is 0. The van der Waals surface area contributed by atoms with E-state index in [1.165, 1.54) is 16.2 Å². The summed E-state index contributed by atoms with van der Waals surface area (Å²) >= 11 is 0. The Hall–Kier alpha value is -2.36. The molecule has 0 radical (unpaired) electrons. The van der Waals surface area contributed by atoms with Crippen LogP contribution in [0.3, 0.4) is 0 Å². The third-order valence-corrected chi connectivity index (χ3v) is 3.14. The Morgan fingerprint density at radius 1 is 0.812 bits per heavy atom. The average Bonchev–Trinajstić information content (AvgIpc) is 2.91. The molecule has 78 valence electrons. The van der Waals surface area contributed by atoms with E-state index < -0.39 is 0 Å². The molecule has 0 spiro atoms. The van der Waals surface area contributed by atoms with Gasteiger partial charge in [-0.15, -0.1) is 0 Å². The molecule has 4 nitrogen and oxygen atoms in total. The summed E-state index contributed by atoms with van der Waals surface area (Å²) in [5, 5.41) is 3.53. The maximum absolute atomic E-state index is 5.83. The van der Waals surface area contributed by atoms with Crippen molar-refractivity contribution in [2.75, 3.05) is 5.73 Å². The molecule has 0 aliphatic rings. The number of nitrogens with two attached hydrogens (primary N) is 1. The van der Waals surface area contributed by atoms with Crippen molar-refractivity contribution in [1.29, 1.82) is 0 Å². The average molecular weight is 210 g/mol. The standard InChI is InChI=1S/C12H10N4/c13-9-5-8-6-1-3-14-11(6)12-7(2-4-15-12)10(8)16-9/h1-5,14-16H,13H2. The van der Waals surface area contributed by atoms with Crippen LogP contribution in [0.4, 0.5) is 5.82 Å². The molecule has 0 saturated heterocycles. The Kier molecular flexibility index (Phi) is 1.19. The summed E-state index contributed by atoms with van der Waals surface area (Å²) in [7, 11) is 0. The third kappa shape index (κ3) is 0.760. The van der Waals surface area contributed by atoms with Crippen LogP contribution in [-0.2, 0) is 0 Å². The van der Waals surface area contributed by atoms with E-state index >= 15 is 0 Å². The molecule has 4 aromatic rings. The van der Waals surface area contributed by atoms with Crippen molar-refractivity contribution in [2.24, 2.45) is 0 Å². The van der Waals surface area contributed by atoms with Gasteiger partial charge in [-0.25, -0.2) is 0 Å². The predicted octanol–water partition coefficient (Wildman–Crippen LogP) is 2.71. The highest BCUT2D eigenvalue weighted by Gasteiger charge is 2.11. The van der Waals surface area contributed by atoms with Gasteiger partial charge in [0.2, 0.25) is 0 Å². The second-order valence-corrected chi connectivity index (χ2v) is 4.05. The quantitative estimate of drug-likeness (QED) is 0.354. The number of H-pyrrole nitrogens is 3. The molecule has 1 aromatic carbocycles. The van der Waals surface area contributed by atoms with E-state index in [9.17, 15) is 0 Å². The summed E-state index contributed by atoms with van der Waals surface area (Å²) < 4.78 is 0. The van der Waals surface area contributed by atoms with Gasteiger partial charge in [0.1, 0.15) is 5.82 Å². The van der Waals surface area contributed by atoms with Crippen LogP contribution < -0.4 is 5.73 Å². The van der Waals surface area contributed by atoms with Crippen molar-refractivity contribution in [3.63, 3.8) is 0 Å². The lowest BCUT2D eigenvalue weighted by molar-refractivity contribution is 1.44. The van der Waals surface area contributed by atoms with E-state index in [2.05, 4.69) is 27.1 Å². The van der Waals surface area contributed by atoms with Crippen molar-refractivity contribution in [1.82, 2.24) is 15.0 Å². The lowest BCUT2D eigenvalue weighted by Gasteiger charge is -1.97. The highest BCUT2D eigenvalue weighted by Crippen LogP contribution is 2.34. The number of hydrogen-bond donors (Lipinski definition) is 4. The smallest absolute Gasteiger partial charge is 0.101 e. The molecular weight excluding hydrogens is 200 g/mol. The van der Waals surface area contributed by atoms with Gasteiger partial charge in [0.05, 0.1) is 16.6 Å². The Balaban J connectivity index is 2.50. The highest BCUT2D eigenvalue weighted by atomic mass is 14.9. The Labute approximate surface area is 90.4 Å². The summed E-state index contributed by atoms with van der Waals surface area (Å²) in [5.74, 6) is 0.700. The van der Waals surface area contributed by atoms with E-state index in [1.807, 2.05) is 18.5 Å². The molecule has 3 aromatic heterocycles. The largest absolute Gasteiger partial charge is 0.385 e. The molecule has 0 unspecified atom stereocenters. The first kappa shape index (κ1) is 7.87. The van der Waals surface area contributed by atoms with Crippen molar-refractivity contribution < 1.29 is 0 Å². The van der Waals surface area contributed by atoms with Crippen LogP contribution in [0.15, 0.2) is 30.6 Å². The van der Waals surface area contributed by atoms with Crippen LogP contribution in [0.1, 0.15) is 0 Å². The van der Waals surface area contributed by atoms with Gasteiger partial charge in [-0.2, -0.15) is 0 Å². The second kappa shape index (κ2) is 2.41. The van der Waals surface area contributed by atoms with Gasteiger partial charge in [-0.3, -0.25) is 0 Å². The molecule has 16 heavy (non-hydrogen) atoms. The fourth-order valence-electron chi connectivity index (χ4n) is 2.49. The van der Waals surface area contributed by atoms with Crippen LogP contribution >= 0.6 is 0 Å². The normalized spacial score (nSPS) is 12.0. The molecule has 4 rings (SSSR count). The molecule has 0 aliphatic carbocycles. The van der Waals surface area contributed by atoms with Crippen LogP contribution in [0.25, 0.3) is 32.7 Å². The van der Waals surface area contributed by atoms with E-state index in [0.717, 1.165) is 16.6 Å². The van der Waals surface area contributed by atoms with Crippen molar-refractivity contribution in [2.45, 2.75) is 0 Å². The fraction of sp³-hybridized carbons (Fsp3) is 0. The maximum Gasteiger partial charge on any atom is 0.101 e. The van der Waals surface area contributed by atoms with E-state index in [0.29, 0.717) is 5.82 Å². The maximum atomic E-state index is 5.83. The molecule has 0 saturated carbocycles. The number of nitrogens with one attached hydrogen (secondary N) is 3. The van der Waals surface area contributed by atoms with Gasteiger partial charge in [-0.05, 0) is 18.2 Å². The fourth-order valence-corrected chi connectivity index (χ4v) is 2.49. The minimum Gasteiger partial charge on any atom is -0.385 e. The molecule has 0 aliphatic heterocycles. The third-order valence-electron chi connectivity index (χ3n) is 3.14. The Morgan fingerprint density at radius 2 is 1.50 bits per heavy atom. The lowest BCUT2D eigenvalue weighted by atomic mass is 10.1. The molecule has 5 N–H and O–H groups in total. The molecule has 0 atom stereocenters. The highest BCUT2D eigenvalue weighted by molar-refractivity contribution is 6.23. The number of anilines is 1. The van der Waals surface area contributed by atoms with Gasteiger partial charge in [0.15, 0.2) is 0 Å². The van der Waals surface area contributed by atoms with Crippen molar-refractivity contribution >= 4 is 38.5 Å². The Morgan fingerprint density at radius 3 is 2.31 bits per heavy atom. The van der Waals surface area contributed by atoms with Crippen LogP contribution in [0.5, 0.6) is 0 Å². The first-order valence-corrected chi connectivity index (χ1v) is 5.19. The first-order valence-electron chi connectivity index (χ1n) is 5.19. The van der Waals surface area contributed by atoms with Gasteiger partial charge in [-0.1, -0.05) is 0 Å². The SMILES string of the molecule is Nc1cc2c3cc[nH]c3c3[nH]ccc3c2[nH]1. The van der Waals surface area contributed by atoms with Crippen LogP contribution in [0.2, 0.25) is 0 Å². The number of fused-ring (bicyclic) bond motifs is 6. The number of benzene rings is 1. The molecule has 3 heterocycles. The topological polar surface area (TPSA) is 73.4 Å². The number of hydrogen-bond acceptors (Lipinski definition) is 1. The van der Waals surface area contributed by atoms with E-state index in [1.54, 1.807) is 0 Å². The second-order valence-electron chi connectivity index (χ2n) is 4.05. The van der Waals surface area contributed by atoms with Crippen LogP contribution in [0, 0.1) is 0 Å². The van der Waals surface area contributed by atoms with Crippen LogP contribution in [-0.4, -0.2) is 15.0 Å². The summed E-state index contributed by atoms with van der Waals surface area (Å²) in [4.78, 5) is 9.74. The van der Waals surface area contributed by atoms with E-state index in [4.69, 9.17) is 5.73 Å². The minimum atomic E-state index is 0.700. The number of aromatic nitrogens is 3. The molecule has 4 heteroatoms. The summed E-state index contributed by atoms with van der Waals surface area (Å²) in [6, 6.07) is 6.12. The number of aromatic amines is 3. The molecular formula is C12H10N4. The van der Waals surface area contributed by atoms with Gasteiger partial charge in [0.25, 0.3) is 0 Å².